The van der Waals surface area contributed by atoms with Gasteiger partial charge in [-0.25, -0.2) is 0 Å². The second-order valence-corrected chi connectivity index (χ2v) is 4.53. The number of carbonyl (C=O) groups is 1. The molecule has 0 amide bonds. The molecule has 2 heteroatoms. The zero-order valence-electron chi connectivity index (χ0n) is 9.68. The summed E-state index contributed by atoms with van der Waals surface area (Å²) >= 11 is 0. The zero-order valence-corrected chi connectivity index (χ0v) is 9.68. The predicted octanol–water partition coefficient (Wildman–Crippen LogP) is 3.11. The van der Waals surface area contributed by atoms with E-state index in [-0.39, 0.29) is 11.7 Å². The van der Waals surface area contributed by atoms with Crippen LogP contribution in [-0.4, -0.2) is 10.8 Å². The molecule has 17 heavy (non-hydrogen) atoms. The molecule has 2 nitrogen and oxygen atoms in total. The molecule has 1 unspecified atom stereocenters. The number of pyridine rings is 1. The number of ketones is 1. The molecule has 2 aromatic rings. The Morgan fingerprint density at radius 3 is 2.88 bits per heavy atom. The maximum Gasteiger partial charge on any atom is 0.164 e. The Morgan fingerprint density at radius 2 is 2.12 bits per heavy atom. The first-order valence-corrected chi connectivity index (χ1v) is 5.80. The van der Waals surface area contributed by atoms with Crippen LogP contribution in [0.25, 0.3) is 0 Å². The fourth-order valence-corrected chi connectivity index (χ4v) is 2.48. The highest BCUT2D eigenvalue weighted by molar-refractivity contribution is 6.01. The Hall–Kier alpha value is -1.96. The molecule has 0 radical (unpaired) electrons. The van der Waals surface area contributed by atoms with Gasteiger partial charge in [-0.1, -0.05) is 29.8 Å². The Balaban J connectivity index is 2.13. The van der Waals surface area contributed by atoms with Crippen LogP contribution in [0, 0.1) is 6.92 Å². The molecular formula is C15H13NO. The minimum Gasteiger partial charge on any atom is -0.294 e. The van der Waals surface area contributed by atoms with Crippen LogP contribution in [0.15, 0.2) is 42.6 Å². The number of carbonyl (C=O) groups excluding carboxylic acids is 1. The van der Waals surface area contributed by atoms with Gasteiger partial charge >= 0.3 is 0 Å². The van der Waals surface area contributed by atoms with Gasteiger partial charge in [0.2, 0.25) is 0 Å². The molecule has 1 aliphatic rings. The predicted molar refractivity (Wildman–Crippen MR) is 66.2 cm³/mol. The number of rotatable bonds is 1. The topological polar surface area (TPSA) is 30.0 Å². The molecule has 0 saturated heterocycles. The molecule has 0 N–H and O–H groups in total. The first-order valence-electron chi connectivity index (χ1n) is 5.80. The molecule has 1 atom stereocenters. The minimum atomic E-state index is 0.138. The molecule has 1 aromatic heterocycles. The molecule has 1 aliphatic carbocycles. The van der Waals surface area contributed by atoms with Crippen molar-refractivity contribution in [3.8, 4) is 0 Å². The van der Waals surface area contributed by atoms with Crippen molar-refractivity contribution in [2.24, 2.45) is 0 Å². The highest BCUT2D eigenvalue weighted by Gasteiger charge is 2.30. The molecule has 0 bridgehead atoms. The Labute approximate surface area is 100 Å². The smallest absolute Gasteiger partial charge is 0.164 e. The standard InChI is InChI=1S/C15H13NO/c1-10-5-6-11-12(8-10)13(9-15(11)17)14-4-2-3-7-16-14/h2-8,13H,9H2,1H3. The summed E-state index contributed by atoms with van der Waals surface area (Å²) in [6.07, 6.45) is 2.34. The number of fused-ring (bicyclic) bond motifs is 1. The number of hydrogen-bond acceptors (Lipinski definition) is 2. The lowest BCUT2D eigenvalue weighted by Crippen LogP contribution is -1.99. The van der Waals surface area contributed by atoms with E-state index in [0.29, 0.717) is 6.42 Å². The van der Waals surface area contributed by atoms with Crippen molar-refractivity contribution in [1.29, 1.82) is 0 Å². The van der Waals surface area contributed by atoms with Crippen LogP contribution in [0.3, 0.4) is 0 Å². The largest absolute Gasteiger partial charge is 0.294 e. The fraction of sp³-hybridized carbons (Fsp3) is 0.200. The lowest BCUT2D eigenvalue weighted by Gasteiger charge is -2.10. The van der Waals surface area contributed by atoms with Crippen molar-refractivity contribution in [3.63, 3.8) is 0 Å². The first kappa shape index (κ1) is 10.2. The van der Waals surface area contributed by atoms with Crippen molar-refractivity contribution in [2.75, 3.05) is 0 Å². The van der Waals surface area contributed by atoms with Crippen molar-refractivity contribution >= 4 is 5.78 Å². The molecule has 0 fully saturated rings. The van der Waals surface area contributed by atoms with E-state index < -0.39 is 0 Å². The molecule has 1 aromatic carbocycles. The van der Waals surface area contributed by atoms with Gasteiger partial charge < -0.3 is 0 Å². The maximum atomic E-state index is 11.9. The summed E-state index contributed by atoms with van der Waals surface area (Å²) in [4.78, 5) is 16.3. The van der Waals surface area contributed by atoms with Crippen molar-refractivity contribution < 1.29 is 4.79 Å². The summed E-state index contributed by atoms with van der Waals surface area (Å²) < 4.78 is 0. The molecule has 0 spiro atoms. The van der Waals surface area contributed by atoms with Crippen LogP contribution in [0.5, 0.6) is 0 Å². The zero-order chi connectivity index (χ0) is 11.8. The molecule has 0 saturated carbocycles. The van der Waals surface area contributed by atoms with Gasteiger partial charge in [0.05, 0.1) is 0 Å². The van der Waals surface area contributed by atoms with Crippen molar-refractivity contribution in [2.45, 2.75) is 19.3 Å². The summed E-state index contributed by atoms with van der Waals surface area (Å²) in [7, 11) is 0. The van der Waals surface area contributed by atoms with E-state index in [0.717, 1.165) is 16.8 Å². The van der Waals surface area contributed by atoms with Crippen molar-refractivity contribution in [1.82, 2.24) is 4.98 Å². The van der Waals surface area contributed by atoms with Gasteiger partial charge in [0.1, 0.15) is 0 Å². The van der Waals surface area contributed by atoms with Gasteiger partial charge in [-0.3, -0.25) is 9.78 Å². The Bertz CT molecular complexity index is 575. The van der Waals surface area contributed by atoms with E-state index in [1.54, 1.807) is 6.20 Å². The third kappa shape index (κ3) is 1.66. The van der Waals surface area contributed by atoms with E-state index in [4.69, 9.17) is 0 Å². The van der Waals surface area contributed by atoms with Gasteiger partial charge in [-0.2, -0.15) is 0 Å². The number of aromatic nitrogens is 1. The maximum absolute atomic E-state index is 11.9. The van der Waals surface area contributed by atoms with E-state index in [9.17, 15) is 4.79 Å². The first-order chi connectivity index (χ1) is 8.25. The van der Waals surface area contributed by atoms with Gasteiger partial charge in [0, 0.05) is 29.8 Å². The number of hydrogen-bond donors (Lipinski definition) is 0. The second kappa shape index (κ2) is 3.81. The van der Waals surface area contributed by atoms with Crippen LogP contribution in [-0.2, 0) is 0 Å². The molecule has 1 heterocycles. The summed E-state index contributed by atoms with van der Waals surface area (Å²) in [5, 5.41) is 0. The van der Waals surface area contributed by atoms with Gasteiger partial charge in [0.25, 0.3) is 0 Å². The average molecular weight is 223 g/mol. The summed E-state index contributed by atoms with van der Waals surface area (Å²) in [6, 6.07) is 11.9. The lowest BCUT2D eigenvalue weighted by atomic mass is 9.96. The number of aryl methyl sites for hydroxylation is 1. The Kier molecular flexibility index (Phi) is 2.29. The Morgan fingerprint density at radius 1 is 1.24 bits per heavy atom. The van der Waals surface area contributed by atoms with Gasteiger partial charge in [0.15, 0.2) is 5.78 Å². The van der Waals surface area contributed by atoms with Crippen LogP contribution < -0.4 is 0 Å². The van der Waals surface area contributed by atoms with Crippen LogP contribution >= 0.6 is 0 Å². The highest BCUT2D eigenvalue weighted by Crippen LogP contribution is 2.37. The minimum absolute atomic E-state index is 0.138. The normalized spacial score (nSPS) is 18.2. The van der Waals surface area contributed by atoms with Gasteiger partial charge in [-0.15, -0.1) is 0 Å². The van der Waals surface area contributed by atoms with E-state index in [1.807, 2.05) is 30.3 Å². The second-order valence-electron chi connectivity index (χ2n) is 4.53. The third-order valence-electron chi connectivity index (χ3n) is 3.32. The van der Waals surface area contributed by atoms with E-state index in [1.165, 1.54) is 5.56 Å². The number of benzene rings is 1. The molecule has 0 aliphatic heterocycles. The van der Waals surface area contributed by atoms with Crippen LogP contribution in [0.2, 0.25) is 0 Å². The monoisotopic (exact) mass is 223 g/mol. The van der Waals surface area contributed by atoms with Crippen molar-refractivity contribution in [3.05, 3.63) is 65.0 Å². The third-order valence-corrected chi connectivity index (χ3v) is 3.32. The average Bonchev–Trinajstić information content (AvgIpc) is 2.67. The summed E-state index contributed by atoms with van der Waals surface area (Å²) in [5.74, 6) is 0.370. The van der Waals surface area contributed by atoms with Crippen LogP contribution in [0.4, 0.5) is 0 Å². The molecule has 3 rings (SSSR count). The quantitative estimate of drug-likeness (QED) is 0.743. The highest BCUT2D eigenvalue weighted by atomic mass is 16.1. The van der Waals surface area contributed by atoms with Crippen LogP contribution in [0.1, 0.15) is 39.5 Å². The summed E-state index contributed by atoms with van der Waals surface area (Å²) in [6.45, 7) is 2.05. The molecular weight excluding hydrogens is 210 g/mol. The number of nitrogens with zero attached hydrogens (tertiary/aromatic N) is 1. The fourth-order valence-electron chi connectivity index (χ4n) is 2.48. The van der Waals surface area contributed by atoms with Gasteiger partial charge in [-0.05, 0) is 24.6 Å². The lowest BCUT2D eigenvalue weighted by molar-refractivity contribution is 0.0991. The number of Topliss-reactive ketones (excluding diaryl/α,β-unsaturated/α-hetero) is 1. The van der Waals surface area contributed by atoms with E-state index >= 15 is 0 Å². The summed E-state index contributed by atoms with van der Waals surface area (Å²) in [5.41, 5.74) is 4.18. The SMILES string of the molecule is Cc1ccc2c(c1)C(c1ccccn1)CC2=O. The van der Waals surface area contributed by atoms with E-state index in [2.05, 4.69) is 18.0 Å². The molecule has 84 valence electrons.